The molecule has 2 aliphatic carbocycles. The van der Waals surface area contributed by atoms with Crippen LogP contribution in [0.4, 0.5) is 8.78 Å². The monoisotopic (exact) mass is 1170 g/mol. The summed E-state index contributed by atoms with van der Waals surface area (Å²) in [5.41, 5.74) is 2.29. The van der Waals surface area contributed by atoms with E-state index in [1.165, 1.54) is 34.8 Å². The molecule has 450 valence electrons. The standard InChI is InChI=1S/C61H80F2N7O12P/c1-2-3-24-49(67-56(74)50-33-41-32-42(25-26-47(41)65-50)61(62,63)83(79,80)81)60(78)69-36-43(34-52(69)58(76)66-48(27-29-54(64)72)53(71)35-45(38-17-11-8-12-18-38)39-19-13-9-14-20-39)82-31-15-7-5-4-6-10-21-40-22-16-23-44-46(40)37-70(59(44)77)51-28-30-55(73)68-57(51)75/h16,22-23,25-26,32-33,38-39,43,45,48-49,51-52,65H,2-9,11-15,17-20,24,27-31,34-37H2,1H3,(H2,64,72)(H,66,76)(H,67,74)(H,68,73,75)(H2,79,80,81)/t43-,48+,49+,51?,52+/m1/s1. The second-order valence-corrected chi connectivity index (χ2v) is 25.0. The number of likely N-dealkylation sites (tertiary alicyclic amines) is 1. The Balaban J connectivity index is 0.932. The molecule has 2 saturated carbocycles. The van der Waals surface area contributed by atoms with Gasteiger partial charge >= 0.3 is 13.3 Å². The number of ketones is 1. The number of piperidine rings is 1. The van der Waals surface area contributed by atoms with Gasteiger partial charge in [0, 0.05) is 79.4 Å². The van der Waals surface area contributed by atoms with Crippen LogP contribution in [0.15, 0.2) is 42.5 Å². The summed E-state index contributed by atoms with van der Waals surface area (Å²) >= 11 is 0. The van der Waals surface area contributed by atoms with E-state index in [1.807, 2.05) is 13.0 Å². The van der Waals surface area contributed by atoms with Gasteiger partial charge in [0.25, 0.3) is 11.8 Å². The highest BCUT2D eigenvalue weighted by Gasteiger charge is 2.51. The van der Waals surface area contributed by atoms with E-state index in [0.29, 0.717) is 55.3 Å². The van der Waals surface area contributed by atoms with E-state index in [0.717, 1.165) is 88.3 Å². The second kappa shape index (κ2) is 28.5. The average molecular weight is 1170 g/mol. The van der Waals surface area contributed by atoms with Crippen molar-refractivity contribution in [2.75, 3.05) is 13.2 Å². The number of hydrogen-bond donors (Lipinski definition) is 7. The second-order valence-electron chi connectivity index (χ2n) is 23.4. The number of nitrogens with one attached hydrogen (secondary N) is 4. The van der Waals surface area contributed by atoms with Gasteiger partial charge < -0.3 is 45.7 Å². The van der Waals surface area contributed by atoms with Crippen molar-refractivity contribution in [1.29, 1.82) is 0 Å². The zero-order valence-corrected chi connectivity index (χ0v) is 48.3. The Morgan fingerprint density at radius 1 is 0.880 bits per heavy atom. The molecule has 7 amide bonds. The van der Waals surface area contributed by atoms with Crippen LogP contribution in [0.25, 0.3) is 10.9 Å². The molecule has 2 saturated heterocycles. The molecule has 22 heteroatoms. The summed E-state index contributed by atoms with van der Waals surface area (Å²) in [4.78, 5) is 132. The molecule has 1 aromatic heterocycles. The highest BCUT2D eigenvalue weighted by Crippen LogP contribution is 2.59. The van der Waals surface area contributed by atoms with E-state index in [1.54, 1.807) is 12.1 Å². The normalized spacial score (nSPS) is 20.7. The van der Waals surface area contributed by atoms with Crippen LogP contribution in [0, 0.1) is 29.6 Å². The molecule has 4 heterocycles. The Morgan fingerprint density at radius 2 is 1.59 bits per heavy atom. The number of carbonyl (C=O) groups excluding carboxylic acids is 8. The maximum Gasteiger partial charge on any atom is 0.399 e. The highest BCUT2D eigenvalue weighted by molar-refractivity contribution is 7.52. The van der Waals surface area contributed by atoms with Crippen LogP contribution >= 0.6 is 7.60 Å². The zero-order chi connectivity index (χ0) is 59.4. The first-order valence-corrected chi connectivity index (χ1v) is 31.5. The minimum atomic E-state index is -5.88. The lowest BCUT2D eigenvalue weighted by molar-refractivity contribution is -0.141. The predicted octanol–water partition coefficient (Wildman–Crippen LogP) is 7.92. The largest absolute Gasteiger partial charge is 0.399 e. The predicted molar refractivity (Wildman–Crippen MR) is 304 cm³/mol. The Labute approximate surface area is 483 Å². The van der Waals surface area contributed by atoms with Crippen LogP contribution in [-0.2, 0) is 50.3 Å². The summed E-state index contributed by atoms with van der Waals surface area (Å²) in [6.07, 6.45) is 15.9. The maximum absolute atomic E-state index is 14.9. The molecular formula is C61H80F2N7O12P. The molecule has 2 aromatic carbocycles. The number of H-pyrrole nitrogens is 1. The topological polar surface area (TPSA) is 288 Å². The summed E-state index contributed by atoms with van der Waals surface area (Å²) in [6, 6.07) is 5.42. The van der Waals surface area contributed by atoms with Gasteiger partial charge in [-0.2, -0.15) is 8.78 Å². The number of amides is 7. The van der Waals surface area contributed by atoms with Crippen molar-refractivity contribution < 1.29 is 66.2 Å². The molecule has 83 heavy (non-hydrogen) atoms. The average Bonchev–Trinajstić information content (AvgIpc) is 4.37. The number of nitrogens with two attached hydrogens (primary N) is 1. The molecule has 1 unspecified atom stereocenters. The van der Waals surface area contributed by atoms with Gasteiger partial charge in [-0.15, -0.1) is 0 Å². The van der Waals surface area contributed by atoms with Gasteiger partial charge in [0.2, 0.25) is 29.5 Å². The number of ether oxygens (including phenoxy) is 1. The quantitative estimate of drug-likeness (QED) is 0.0175. The first-order valence-electron chi connectivity index (χ1n) is 29.9. The number of aromatic nitrogens is 1. The Bertz CT molecular complexity index is 2980. The Hall–Kier alpha value is -6.33. The van der Waals surface area contributed by atoms with E-state index in [2.05, 4.69) is 32.8 Å². The fourth-order valence-electron chi connectivity index (χ4n) is 13.0. The smallest absolute Gasteiger partial charge is 0.376 e. The molecule has 0 bridgehead atoms. The lowest BCUT2D eigenvalue weighted by Crippen LogP contribution is -2.55. The summed E-state index contributed by atoms with van der Waals surface area (Å²) in [5.74, 6) is 3.56. The molecule has 3 aromatic rings. The summed E-state index contributed by atoms with van der Waals surface area (Å²) < 4.78 is 47.4. The molecule has 5 aliphatic rings. The number of carbonyl (C=O) groups is 8. The molecule has 0 radical (unpaired) electrons. The number of fused-ring (bicyclic) bond motifs is 2. The van der Waals surface area contributed by atoms with E-state index in [-0.39, 0.29) is 98.1 Å². The number of Topliss-reactive ketones (excluding diaryl/α,β-unsaturated/α-hetero) is 1. The zero-order valence-electron chi connectivity index (χ0n) is 47.4. The van der Waals surface area contributed by atoms with Crippen LogP contribution in [-0.4, -0.2) is 115 Å². The van der Waals surface area contributed by atoms with Gasteiger partial charge in [0.1, 0.15) is 23.8 Å². The third-order valence-corrected chi connectivity index (χ3v) is 18.6. The molecule has 5 atom stereocenters. The number of benzene rings is 2. The van der Waals surface area contributed by atoms with Gasteiger partial charge in [0.15, 0.2) is 5.78 Å². The number of nitrogens with zero attached hydrogens (tertiary/aromatic N) is 2. The van der Waals surface area contributed by atoms with Crippen molar-refractivity contribution in [2.45, 2.75) is 204 Å². The summed E-state index contributed by atoms with van der Waals surface area (Å²) in [6.45, 7) is 2.43. The van der Waals surface area contributed by atoms with E-state index >= 15 is 0 Å². The molecule has 8 rings (SSSR count). The minimum absolute atomic E-state index is 0.00722. The highest BCUT2D eigenvalue weighted by atomic mass is 31.2. The number of unbranched alkanes of at least 4 members (excludes halogenated alkanes) is 5. The van der Waals surface area contributed by atoms with Gasteiger partial charge in [-0.3, -0.25) is 48.2 Å². The van der Waals surface area contributed by atoms with Crippen LogP contribution in [0.5, 0.6) is 0 Å². The number of primary amides is 1. The van der Waals surface area contributed by atoms with Gasteiger partial charge in [-0.05, 0) is 85.8 Å². The number of hydrogen-bond acceptors (Lipinski definition) is 10. The molecule has 8 N–H and O–H groups in total. The van der Waals surface area contributed by atoms with Crippen molar-refractivity contribution in [3.8, 4) is 11.8 Å². The van der Waals surface area contributed by atoms with E-state index < -0.39 is 78.6 Å². The third kappa shape index (κ3) is 15.7. The summed E-state index contributed by atoms with van der Waals surface area (Å²) in [5, 5.41) is 8.15. The van der Waals surface area contributed by atoms with Crippen molar-refractivity contribution >= 4 is 65.6 Å². The molecule has 4 fully saturated rings. The van der Waals surface area contributed by atoms with Crippen LogP contribution < -0.4 is 21.7 Å². The van der Waals surface area contributed by atoms with Gasteiger partial charge in [-0.25, -0.2) is 0 Å². The van der Waals surface area contributed by atoms with Crippen molar-refractivity contribution in [2.24, 2.45) is 23.5 Å². The Morgan fingerprint density at radius 3 is 2.27 bits per heavy atom. The van der Waals surface area contributed by atoms with Crippen molar-refractivity contribution in [3.05, 3.63) is 70.4 Å². The van der Waals surface area contributed by atoms with Crippen LogP contribution in [0.1, 0.15) is 199 Å². The Kier molecular flexibility index (Phi) is 21.5. The lowest BCUT2D eigenvalue weighted by Gasteiger charge is -2.38. The minimum Gasteiger partial charge on any atom is -0.376 e. The first-order chi connectivity index (χ1) is 39.7. The van der Waals surface area contributed by atoms with Crippen LogP contribution in [0.3, 0.4) is 0 Å². The fourth-order valence-corrected chi connectivity index (χ4v) is 13.5. The summed E-state index contributed by atoms with van der Waals surface area (Å²) in [7, 11) is -5.88. The number of rotatable bonds is 26. The SMILES string of the molecule is CCCC[C@H](NC(=O)c1cc2cc(C(F)(F)P(=O)(O)O)ccc2[nH]1)C(=O)N1C[C@H](OCCCCCCC#Cc2cccc3c2CN(C2CCC(=O)NC2=O)C3=O)C[C@H]1C(=O)N[C@@H](CCC(N)=O)C(=O)CC(C1CCCCC1)C1CCCCC1. The maximum atomic E-state index is 14.9. The fraction of sp³-hybridized carbons (Fsp3) is 0.607. The van der Waals surface area contributed by atoms with Gasteiger partial charge in [0.05, 0.1) is 12.1 Å². The van der Waals surface area contributed by atoms with Crippen molar-refractivity contribution in [1.82, 2.24) is 30.7 Å². The lowest BCUT2D eigenvalue weighted by atomic mass is 9.67. The van der Waals surface area contributed by atoms with Gasteiger partial charge in [-0.1, -0.05) is 121 Å². The molecule has 0 spiro atoms. The number of alkyl halides is 2. The first kappa shape index (κ1) is 62.7. The van der Waals surface area contributed by atoms with Crippen LogP contribution in [0.2, 0.25) is 0 Å². The number of aromatic amines is 1. The van der Waals surface area contributed by atoms with E-state index in [9.17, 15) is 61.5 Å². The third-order valence-electron chi connectivity index (χ3n) is 17.6. The number of halogens is 2. The molecule has 3 aliphatic heterocycles. The van der Waals surface area contributed by atoms with Crippen molar-refractivity contribution in [3.63, 3.8) is 0 Å². The molecular weight excluding hydrogens is 1090 g/mol. The number of imide groups is 1. The molecule has 19 nitrogen and oxygen atoms in total. The van der Waals surface area contributed by atoms with E-state index in [4.69, 9.17) is 10.5 Å².